The van der Waals surface area contributed by atoms with E-state index in [4.69, 9.17) is 16.0 Å². The van der Waals surface area contributed by atoms with Gasteiger partial charge in [-0.05, 0) is 68.8 Å². The van der Waals surface area contributed by atoms with Crippen LogP contribution in [0.3, 0.4) is 0 Å². The zero-order chi connectivity index (χ0) is 20.7. The minimum absolute atomic E-state index is 0.339. The van der Waals surface area contributed by atoms with Crippen molar-refractivity contribution in [2.45, 2.75) is 20.8 Å². The maximum Gasteiger partial charge on any atom is 0.336 e. The Bertz CT molecular complexity index is 1300. The highest BCUT2D eigenvalue weighted by Gasteiger charge is 2.14. The smallest absolute Gasteiger partial charge is 0.336 e. The molecule has 0 fully saturated rings. The summed E-state index contributed by atoms with van der Waals surface area (Å²) in [6.45, 7) is 5.85. The minimum atomic E-state index is -0.424. The molecule has 0 spiro atoms. The molecule has 0 saturated carbocycles. The number of fused-ring (bicyclic) bond motifs is 1. The molecule has 1 N–H and O–H groups in total. The summed E-state index contributed by atoms with van der Waals surface area (Å²) < 4.78 is 7.31. The summed E-state index contributed by atoms with van der Waals surface area (Å²) in [6, 6.07) is 16.1. The van der Waals surface area contributed by atoms with Crippen LogP contribution >= 0.6 is 11.6 Å². The molecular formula is C23H19ClN2O3. The number of aromatic nitrogens is 1. The van der Waals surface area contributed by atoms with Crippen LogP contribution in [0, 0.1) is 20.8 Å². The Kier molecular flexibility index (Phi) is 4.76. The maximum atomic E-state index is 12.9. The molecule has 4 aromatic rings. The van der Waals surface area contributed by atoms with Crippen LogP contribution in [0.15, 0.2) is 63.8 Å². The summed E-state index contributed by atoms with van der Waals surface area (Å²) in [4.78, 5) is 24.5. The largest absolute Gasteiger partial charge is 0.423 e. The summed E-state index contributed by atoms with van der Waals surface area (Å²) in [5.41, 5.74) is 4.70. The second-order valence-electron chi connectivity index (χ2n) is 7.03. The highest BCUT2D eigenvalue weighted by Crippen LogP contribution is 2.25. The Hall–Kier alpha value is -3.31. The standard InChI is InChI=1S/C23H19ClN2O3/c1-13-10-22(27)29-21-11-16(6-8-18(13)21)25-23(28)19-12-17(7-9-20(19)24)26-14(2)4-5-15(26)3/h4-12H,1-3H3,(H,25,28). The zero-order valence-corrected chi connectivity index (χ0v) is 17.0. The molecule has 0 aliphatic rings. The highest BCUT2D eigenvalue weighted by molar-refractivity contribution is 6.34. The van der Waals surface area contributed by atoms with Crippen LogP contribution < -0.4 is 10.9 Å². The van der Waals surface area contributed by atoms with Crippen molar-refractivity contribution in [1.82, 2.24) is 4.57 Å². The molecule has 0 radical (unpaired) electrons. The van der Waals surface area contributed by atoms with Crippen molar-refractivity contribution in [3.05, 3.63) is 92.6 Å². The van der Waals surface area contributed by atoms with Crippen LogP contribution in [0.2, 0.25) is 5.02 Å². The number of rotatable bonds is 3. The molecule has 6 heteroatoms. The molecule has 2 aromatic heterocycles. The first kappa shape index (κ1) is 19.0. The third-order valence-corrected chi connectivity index (χ3v) is 5.26. The van der Waals surface area contributed by atoms with E-state index >= 15 is 0 Å². The normalized spacial score (nSPS) is 11.0. The van der Waals surface area contributed by atoms with Gasteiger partial charge in [0.2, 0.25) is 0 Å². The van der Waals surface area contributed by atoms with Crippen molar-refractivity contribution in [3.63, 3.8) is 0 Å². The summed E-state index contributed by atoms with van der Waals surface area (Å²) >= 11 is 6.30. The van der Waals surface area contributed by atoms with E-state index in [1.165, 1.54) is 6.07 Å². The van der Waals surface area contributed by atoms with Crippen molar-refractivity contribution in [3.8, 4) is 5.69 Å². The van der Waals surface area contributed by atoms with Gasteiger partial charge in [0.15, 0.2) is 0 Å². The summed E-state index contributed by atoms with van der Waals surface area (Å²) in [7, 11) is 0. The Balaban J connectivity index is 1.69. The highest BCUT2D eigenvalue weighted by atomic mass is 35.5. The van der Waals surface area contributed by atoms with Gasteiger partial charge < -0.3 is 14.3 Å². The van der Waals surface area contributed by atoms with E-state index in [0.29, 0.717) is 21.9 Å². The van der Waals surface area contributed by atoms with Gasteiger partial charge in [0.1, 0.15) is 5.58 Å². The van der Waals surface area contributed by atoms with Crippen LogP contribution in [0.25, 0.3) is 16.7 Å². The van der Waals surface area contributed by atoms with Gasteiger partial charge >= 0.3 is 5.63 Å². The summed E-state index contributed by atoms with van der Waals surface area (Å²) in [6.07, 6.45) is 0. The molecule has 0 unspecified atom stereocenters. The lowest BCUT2D eigenvalue weighted by Crippen LogP contribution is -2.13. The van der Waals surface area contributed by atoms with Crippen molar-refractivity contribution in [2.75, 3.05) is 5.32 Å². The zero-order valence-electron chi connectivity index (χ0n) is 16.2. The molecule has 5 nitrogen and oxygen atoms in total. The Morgan fingerprint density at radius 2 is 1.69 bits per heavy atom. The van der Waals surface area contributed by atoms with Gasteiger partial charge in [0.05, 0.1) is 10.6 Å². The van der Waals surface area contributed by atoms with E-state index in [-0.39, 0.29) is 5.91 Å². The lowest BCUT2D eigenvalue weighted by atomic mass is 10.1. The van der Waals surface area contributed by atoms with Crippen molar-refractivity contribution >= 4 is 34.2 Å². The third kappa shape index (κ3) is 3.57. The first-order chi connectivity index (χ1) is 13.8. The topological polar surface area (TPSA) is 64.2 Å². The van der Waals surface area contributed by atoms with Crippen molar-refractivity contribution < 1.29 is 9.21 Å². The fourth-order valence-electron chi connectivity index (χ4n) is 3.50. The minimum Gasteiger partial charge on any atom is -0.423 e. The number of benzene rings is 2. The SMILES string of the molecule is Cc1cc(=O)oc2cc(NC(=O)c3cc(-n4c(C)ccc4C)ccc3Cl)ccc12. The Labute approximate surface area is 172 Å². The van der Waals surface area contributed by atoms with Gasteiger partial charge in [-0.2, -0.15) is 0 Å². The second kappa shape index (κ2) is 7.26. The average molecular weight is 407 g/mol. The molecule has 2 aromatic carbocycles. The predicted molar refractivity (Wildman–Crippen MR) is 115 cm³/mol. The fourth-order valence-corrected chi connectivity index (χ4v) is 3.71. The predicted octanol–water partition coefficient (Wildman–Crippen LogP) is 5.41. The number of halogens is 1. The van der Waals surface area contributed by atoms with Gasteiger partial charge in [0.25, 0.3) is 5.91 Å². The molecule has 2 heterocycles. The average Bonchev–Trinajstić information content (AvgIpc) is 3.00. The van der Waals surface area contributed by atoms with E-state index in [1.54, 1.807) is 24.3 Å². The molecule has 0 atom stereocenters. The lowest BCUT2D eigenvalue weighted by molar-refractivity contribution is 0.102. The second-order valence-corrected chi connectivity index (χ2v) is 7.44. The number of anilines is 1. The maximum absolute atomic E-state index is 12.9. The van der Waals surface area contributed by atoms with E-state index in [2.05, 4.69) is 9.88 Å². The van der Waals surface area contributed by atoms with Crippen molar-refractivity contribution in [1.29, 1.82) is 0 Å². The van der Waals surface area contributed by atoms with Crippen LogP contribution in [0.5, 0.6) is 0 Å². The van der Waals surface area contributed by atoms with Gasteiger partial charge in [-0.25, -0.2) is 4.79 Å². The van der Waals surface area contributed by atoms with E-state index < -0.39 is 5.63 Å². The van der Waals surface area contributed by atoms with Gasteiger partial charge in [-0.1, -0.05) is 11.6 Å². The molecular weight excluding hydrogens is 388 g/mol. The number of amides is 1. The number of hydrogen-bond donors (Lipinski definition) is 1. The number of nitrogens with zero attached hydrogens (tertiary/aromatic N) is 1. The number of carbonyl (C=O) groups excluding carboxylic acids is 1. The molecule has 1 amide bonds. The molecule has 4 rings (SSSR count). The molecule has 0 bridgehead atoms. The monoisotopic (exact) mass is 406 g/mol. The Morgan fingerprint density at radius 3 is 2.41 bits per heavy atom. The van der Waals surface area contributed by atoms with Gasteiger partial charge in [0, 0.05) is 40.3 Å². The summed E-state index contributed by atoms with van der Waals surface area (Å²) in [5, 5.41) is 4.02. The van der Waals surface area contributed by atoms with Crippen LogP contribution in [-0.4, -0.2) is 10.5 Å². The fraction of sp³-hybridized carbons (Fsp3) is 0.130. The number of hydrogen-bond acceptors (Lipinski definition) is 3. The van der Waals surface area contributed by atoms with Gasteiger partial charge in [-0.3, -0.25) is 4.79 Å². The number of nitrogens with one attached hydrogen (secondary N) is 1. The van der Waals surface area contributed by atoms with Crippen LogP contribution in [0.1, 0.15) is 27.3 Å². The molecule has 0 aliphatic heterocycles. The molecule has 0 aliphatic carbocycles. The summed E-state index contributed by atoms with van der Waals surface area (Å²) in [5.74, 6) is -0.339. The quantitative estimate of drug-likeness (QED) is 0.462. The van der Waals surface area contributed by atoms with E-state index in [9.17, 15) is 9.59 Å². The van der Waals surface area contributed by atoms with Crippen molar-refractivity contribution in [2.24, 2.45) is 0 Å². The van der Waals surface area contributed by atoms with Gasteiger partial charge in [-0.15, -0.1) is 0 Å². The van der Waals surface area contributed by atoms with Crippen LogP contribution in [0.4, 0.5) is 5.69 Å². The Morgan fingerprint density at radius 1 is 0.966 bits per heavy atom. The van der Waals surface area contributed by atoms with E-state index in [0.717, 1.165) is 28.0 Å². The molecule has 29 heavy (non-hydrogen) atoms. The van der Waals surface area contributed by atoms with Crippen LogP contribution in [-0.2, 0) is 0 Å². The van der Waals surface area contributed by atoms with E-state index in [1.807, 2.05) is 45.0 Å². The molecule has 0 saturated heterocycles. The number of aryl methyl sites for hydroxylation is 3. The number of carbonyl (C=O) groups is 1. The first-order valence-corrected chi connectivity index (χ1v) is 9.52. The first-order valence-electron chi connectivity index (χ1n) is 9.14. The third-order valence-electron chi connectivity index (χ3n) is 4.93. The molecule has 146 valence electrons. The lowest BCUT2D eigenvalue weighted by Gasteiger charge is -2.13.